The molecule has 1 aliphatic carbocycles. The molecule has 2 N–H and O–H groups in total. The standard InChI is InChI=1S/C17H23N3O2/c21-16-6-3-11-20(16)15-9-7-13(8-10-15)12-18-17(22)19-14-4-1-2-5-14/h7-10,14H,1-6,11-12H2,(H2,18,19,22). The van der Waals surface area contributed by atoms with E-state index in [4.69, 9.17) is 0 Å². The Balaban J connectivity index is 1.48. The zero-order chi connectivity index (χ0) is 15.4. The molecule has 22 heavy (non-hydrogen) atoms. The molecule has 0 bridgehead atoms. The average Bonchev–Trinajstić information content (AvgIpc) is 3.17. The Labute approximate surface area is 131 Å². The predicted octanol–water partition coefficient (Wildman–Crippen LogP) is 2.56. The predicted molar refractivity (Wildman–Crippen MR) is 85.7 cm³/mol. The van der Waals surface area contributed by atoms with Crippen LogP contribution in [0, 0.1) is 0 Å². The summed E-state index contributed by atoms with van der Waals surface area (Å²) in [5.74, 6) is 0.196. The van der Waals surface area contributed by atoms with Crippen molar-refractivity contribution in [3.8, 4) is 0 Å². The minimum absolute atomic E-state index is 0.0919. The van der Waals surface area contributed by atoms with Crippen molar-refractivity contribution in [2.45, 2.75) is 51.1 Å². The molecule has 3 rings (SSSR count). The number of urea groups is 1. The second-order valence-corrected chi connectivity index (χ2v) is 6.12. The number of amides is 3. The second kappa shape index (κ2) is 6.81. The molecule has 2 aliphatic rings. The summed E-state index contributed by atoms with van der Waals surface area (Å²) >= 11 is 0. The van der Waals surface area contributed by atoms with Crippen LogP contribution in [0.1, 0.15) is 44.1 Å². The van der Waals surface area contributed by atoms with Crippen molar-refractivity contribution in [1.29, 1.82) is 0 Å². The number of benzene rings is 1. The van der Waals surface area contributed by atoms with E-state index in [1.165, 1.54) is 12.8 Å². The van der Waals surface area contributed by atoms with Gasteiger partial charge in [-0.2, -0.15) is 0 Å². The van der Waals surface area contributed by atoms with Gasteiger partial charge in [0.25, 0.3) is 0 Å². The quantitative estimate of drug-likeness (QED) is 0.898. The number of hydrogen-bond donors (Lipinski definition) is 2. The first-order chi connectivity index (χ1) is 10.7. The van der Waals surface area contributed by atoms with Gasteiger partial charge in [-0.3, -0.25) is 4.79 Å². The Morgan fingerprint density at radius 1 is 1.14 bits per heavy atom. The van der Waals surface area contributed by atoms with Crippen LogP contribution in [0.5, 0.6) is 0 Å². The molecule has 0 aromatic heterocycles. The maximum atomic E-state index is 11.8. The van der Waals surface area contributed by atoms with Gasteiger partial charge in [-0.25, -0.2) is 4.79 Å². The van der Waals surface area contributed by atoms with Crippen molar-refractivity contribution >= 4 is 17.6 Å². The zero-order valence-corrected chi connectivity index (χ0v) is 12.8. The largest absolute Gasteiger partial charge is 0.335 e. The lowest BCUT2D eigenvalue weighted by molar-refractivity contribution is -0.117. The van der Waals surface area contributed by atoms with Crippen LogP contribution >= 0.6 is 0 Å². The molecule has 0 radical (unpaired) electrons. The van der Waals surface area contributed by atoms with E-state index >= 15 is 0 Å². The SMILES string of the molecule is O=C(NCc1ccc(N2CCCC2=O)cc1)NC1CCCC1. The van der Waals surface area contributed by atoms with Gasteiger partial charge in [0.1, 0.15) is 0 Å². The molecule has 2 fully saturated rings. The van der Waals surface area contributed by atoms with E-state index in [2.05, 4.69) is 10.6 Å². The average molecular weight is 301 g/mol. The monoisotopic (exact) mass is 301 g/mol. The summed E-state index contributed by atoms with van der Waals surface area (Å²) < 4.78 is 0. The van der Waals surface area contributed by atoms with Crippen LogP contribution < -0.4 is 15.5 Å². The van der Waals surface area contributed by atoms with E-state index in [0.717, 1.165) is 37.1 Å². The van der Waals surface area contributed by atoms with Crippen LogP contribution in [0.2, 0.25) is 0 Å². The van der Waals surface area contributed by atoms with Crippen LogP contribution in [-0.2, 0) is 11.3 Å². The van der Waals surface area contributed by atoms with Crippen molar-refractivity contribution in [3.05, 3.63) is 29.8 Å². The van der Waals surface area contributed by atoms with E-state index in [9.17, 15) is 9.59 Å². The third-order valence-electron chi connectivity index (χ3n) is 4.46. The summed E-state index contributed by atoms with van der Waals surface area (Å²) in [4.78, 5) is 25.3. The van der Waals surface area contributed by atoms with Crippen LogP contribution in [0.15, 0.2) is 24.3 Å². The highest BCUT2D eigenvalue weighted by Gasteiger charge is 2.21. The van der Waals surface area contributed by atoms with E-state index in [0.29, 0.717) is 19.0 Å². The second-order valence-electron chi connectivity index (χ2n) is 6.12. The number of carbonyl (C=O) groups excluding carboxylic acids is 2. The molecular formula is C17H23N3O2. The lowest BCUT2D eigenvalue weighted by Gasteiger charge is -2.16. The summed E-state index contributed by atoms with van der Waals surface area (Å²) in [5, 5.41) is 5.90. The molecule has 3 amide bonds. The van der Waals surface area contributed by atoms with Gasteiger partial charge in [0, 0.05) is 31.2 Å². The fourth-order valence-electron chi connectivity index (χ4n) is 3.20. The van der Waals surface area contributed by atoms with Crippen LogP contribution in [0.3, 0.4) is 0 Å². The third kappa shape index (κ3) is 3.59. The minimum Gasteiger partial charge on any atom is -0.335 e. The van der Waals surface area contributed by atoms with Gasteiger partial charge >= 0.3 is 6.03 Å². The highest BCUT2D eigenvalue weighted by molar-refractivity contribution is 5.95. The van der Waals surface area contributed by atoms with Gasteiger partial charge in [0.15, 0.2) is 0 Å². The fraction of sp³-hybridized carbons (Fsp3) is 0.529. The Kier molecular flexibility index (Phi) is 4.61. The molecule has 1 saturated carbocycles. The molecule has 0 unspecified atom stereocenters. The summed E-state index contributed by atoms with van der Waals surface area (Å²) in [7, 11) is 0. The van der Waals surface area contributed by atoms with Gasteiger partial charge in [-0.05, 0) is 37.0 Å². The smallest absolute Gasteiger partial charge is 0.315 e. The topological polar surface area (TPSA) is 61.4 Å². The fourth-order valence-corrected chi connectivity index (χ4v) is 3.20. The van der Waals surface area contributed by atoms with Crippen molar-refractivity contribution in [2.24, 2.45) is 0 Å². The summed E-state index contributed by atoms with van der Waals surface area (Å²) in [6, 6.07) is 8.09. The number of rotatable bonds is 4. The summed E-state index contributed by atoms with van der Waals surface area (Å²) in [5.41, 5.74) is 1.98. The van der Waals surface area contributed by atoms with Crippen molar-refractivity contribution in [1.82, 2.24) is 10.6 Å². The van der Waals surface area contributed by atoms with Crippen LogP contribution in [0.4, 0.5) is 10.5 Å². The minimum atomic E-state index is -0.0919. The lowest BCUT2D eigenvalue weighted by Crippen LogP contribution is -2.40. The van der Waals surface area contributed by atoms with Crippen molar-refractivity contribution in [2.75, 3.05) is 11.4 Å². The van der Waals surface area contributed by atoms with Gasteiger partial charge in [0.05, 0.1) is 0 Å². The van der Waals surface area contributed by atoms with Gasteiger partial charge < -0.3 is 15.5 Å². The molecule has 118 valence electrons. The van der Waals surface area contributed by atoms with Crippen LogP contribution in [-0.4, -0.2) is 24.5 Å². The molecule has 5 nitrogen and oxygen atoms in total. The van der Waals surface area contributed by atoms with Gasteiger partial charge in [-0.1, -0.05) is 25.0 Å². The van der Waals surface area contributed by atoms with E-state index < -0.39 is 0 Å². The molecular weight excluding hydrogens is 278 g/mol. The summed E-state index contributed by atoms with van der Waals surface area (Å²) in [6.45, 7) is 1.31. The van der Waals surface area contributed by atoms with E-state index in [1.54, 1.807) is 0 Å². The third-order valence-corrected chi connectivity index (χ3v) is 4.46. The first-order valence-electron chi connectivity index (χ1n) is 8.16. The Hall–Kier alpha value is -2.04. The molecule has 0 atom stereocenters. The highest BCUT2D eigenvalue weighted by atomic mass is 16.2. The molecule has 5 heteroatoms. The first-order valence-corrected chi connectivity index (χ1v) is 8.16. The Morgan fingerprint density at radius 2 is 1.86 bits per heavy atom. The van der Waals surface area contributed by atoms with Crippen LogP contribution in [0.25, 0.3) is 0 Å². The van der Waals surface area contributed by atoms with Crippen molar-refractivity contribution < 1.29 is 9.59 Å². The Morgan fingerprint density at radius 3 is 2.50 bits per heavy atom. The molecule has 1 saturated heterocycles. The Bertz CT molecular complexity index is 535. The zero-order valence-electron chi connectivity index (χ0n) is 12.8. The number of carbonyl (C=O) groups is 2. The maximum absolute atomic E-state index is 11.8. The molecule has 1 heterocycles. The maximum Gasteiger partial charge on any atom is 0.315 e. The van der Waals surface area contributed by atoms with Gasteiger partial charge in [0.2, 0.25) is 5.91 Å². The lowest BCUT2D eigenvalue weighted by atomic mass is 10.2. The highest BCUT2D eigenvalue weighted by Crippen LogP contribution is 2.21. The molecule has 1 aromatic carbocycles. The normalized spacial score (nSPS) is 18.7. The molecule has 1 aliphatic heterocycles. The number of anilines is 1. The van der Waals surface area contributed by atoms with E-state index in [1.807, 2.05) is 29.2 Å². The molecule has 1 aromatic rings. The van der Waals surface area contributed by atoms with Crippen molar-refractivity contribution in [3.63, 3.8) is 0 Å². The number of nitrogens with one attached hydrogen (secondary N) is 2. The first kappa shape index (κ1) is 14.9. The van der Waals surface area contributed by atoms with Gasteiger partial charge in [-0.15, -0.1) is 0 Å². The number of hydrogen-bond acceptors (Lipinski definition) is 2. The molecule has 0 spiro atoms. The van der Waals surface area contributed by atoms with E-state index in [-0.39, 0.29) is 11.9 Å². The number of nitrogens with zero attached hydrogens (tertiary/aromatic N) is 1. The summed E-state index contributed by atoms with van der Waals surface area (Å²) in [6.07, 6.45) is 6.18.